The van der Waals surface area contributed by atoms with Gasteiger partial charge in [0.2, 0.25) is 0 Å². The second kappa shape index (κ2) is 12.4. The minimum Gasteiger partial charge on any atom is -0.353 e. The molecular weight excluding hydrogens is 238 g/mol. The lowest BCUT2D eigenvalue weighted by molar-refractivity contribution is -0.143. The van der Waals surface area contributed by atoms with Gasteiger partial charge in [-0.05, 0) is 25.2 Å². The molecule has 0 aromatic heterocycles. The van der Waals surface area contributed by atoms with Crippen molar-refractivity contribution in [3.8, 4) is 6.07 Å². The Kier molecular flexibility index (Phi) is 12.1. The summed E-state index contributed by atoms with van der Waals surface area (Å²) in [4.78, 5) is 0. The molecule has 0 aromatic carbocycles. The Morgan fingerprint density at radius 1 is 1.00 bits per heavy atom. The molecule has 3 heteroatoms. The van der Waals surface area contributed by atoms with E-state index in [0.29, 0.717) is 25.4 Å². The lowest BCUT2D eigenvalue weighted by atomic mass is 9.98. The summed E-state index contributed by atoms with van der Waals surface area (Å²) in [5.74, 6) is 1.51. The topological polar surface area (TPSA) is 42.2 Å². The van der Waals surface area contributed by atoms with Gasteiger partial charge in [-0.1, -0.05) is 40.0 Å². The van der Waals surface area contributed by atoms with E-state index in [0.717, 1.165) is 18.9 Å². The highest BCUT2D eigenvalue weighted by Gasteiger charge is 2.09. The van der Waals surface area contributed by atoms with Crippen molar-refractivity contribution < 1.29 is 9.47 Å². The fraction of sp³-hybridized carbons (Fsp3) is 0.938. The zero-order valence-corrected chi connectivity index (χ0v) is 13.2. The molecule has 0 amide bonds. The zero-order chi connectivity index (χ0) is 14.5. The molecule has 0 heterocycles. The van der Waals surface area contributed by atoms with E-state index in [1.165, 1.54) is 19.3 Å². The predicted molar refractivity (Wildman–Crippen MR) is 78.7 cm³/mol. The fourth-order valence-electron chi connectivity index (χ4n) is 2.00. The first kappa shape index (κ1) is 18.4. The standard InChI is InChI=1S/C16H31NO2/c1-5-18-16(10-7-12-17)19-13-11-15(4)9-6-8-14(2)3/h14-16H,5-11,13H2,1-4H3. The quantitative estimate of drug-likeness (QED) is 0.489. The molecule has 0 N–H and O–H groups in total. The van der Waals surface area contributed by atoms with Crippen LogP contribution in [0.3, 0.4) is 0 Å². The average Bonchev–Trinajstić information content (AvgIpc) is 2.35. The number of hydrogen-bond acceptors (Lipinski definition) is 3. The Balaban J connectivity index is 3.64. The predicted octanol–water partition coefficient (Wildman–Crippen LogP) is 4.52. The Hall–Kier alpha value is -0.590. The molecule has 112 valence electrons. The second-order valence-electron chi connectivity index (χ2n) is 5.67. The Morgan fingerprint density at radius 3 is 2.32 bits per heavy atom. The summed E-state index contributed by atoms with van der Waals surface area (Å²) in [6, 6.07) is 2.13. The Labute approximate surface area is 119 Å². The summed E-state index contributed by atoms with van der Waals surface area (Å²) in [5.41, 5.74) is 0. The number of rotatable bonds is 12. The first-order valence-electron chi connectivity index (χ1n) is 7.70. The van der Waals surface area contributed by atoms with Crippen LogP contribution >= 0.6 is 0 Å². The van der Waals surface area contributed by atoms with Crippen LogP contribution in [0.2, 0.25) is 0 Å². The SMILES string of the molecule is CCOC(CCC#N)OCCC(C)CCCC(C)C. The summed E-state index contributed by atoms with van der Waals surface area (Å²) in [6.07, 6.45) is 5.94. The molecule has 0 aromatic rings. The normalized spacial score (nSPS) is 14.3. The molecule has 0 aliphatic carbocycles. The van der Waals surface area contributed by atoms with Crippen LogP contribution in [0.25, 0.3) is 0 Å². The first-order valence-corrected chi connectivity index (χ1v) is 7.70. The molecule has 0 fully saturated rings. The van der Waals surface area contributed by atoms with Gasteiger partial charge >= 0.3 is 0 Å². The molecule has 3 nitrogen and oxygen atoms in total. The number of ether oxygens (including phenoxy) is 2. The van der Waals surface area contributed by atoms with Crippen LogP contribution in [-0.4, -0.2) is 19.5 Å². The molecule has 0 aliphatic rings. The van der Waals surface area contributed by atoms with Crippen LogP contribution in [0.5, 0.6) is 0 Å². The van der Waals surface area contributed by atoms with Crippen molar-refractivity contribution in [2.45, 2.75) is 72.5 Å². The smallest absolute Gasteiger partial charge is 0.158 e. The highest BCUT2D eigenvalue weighted by atomic mass is 16.7. The Morgan fingerprint density at radius 2 is 1.74 bits per heavy atom. The van der Waals surface area contributed by atoms with Gasteiger partial charge in [-0.2, -0.15) is 5.26 Å². The van der Waals surface area contributed by atoms with E-state index in [1.54, 1.807) is 0 Å². The largest absolute Gasteiger partial charge is 0.353 e. The molecule has 0 bridgehead atoms. The van der Waals surface area contributed by atoms with Gasteiger partial charge in [0, 0.05) is 26.1 Å². The summed E-state index contributed by atoms with van der Waals surface area (Å²) < 4.78 is 11.2. The molecular formula is C16H31NO2. The van der Waals surface area contributed by atoms with Gasteiger partial charge in [0.25, 0.3) is 0 Å². The first-order chi connectivity index (χ1) is 9.10. The highest BCUT2D eigenvalue weighted by Crippen LogP contribution is 2.16. The van der Waals surface area contributed by atoms with Crippen LogP contribution in [-0.2, 0) is 9.47 Å². The Bertz CT molecular complexity index is 235. The molecule has 0 radical (unpaired) electrons. The molecule has 0 spiro atoms. The summed E-state index contributed by atoms with van der Waals surface area (Å²) in [5, 5.41) is 8.58. The van der Waals surface area contributed by atoms with Crippen molar-refractivity contribution in [3.05, 3.63) is 0 Å². The van der Waals surface area contributed by atoms with Gasteiger partial charge in [-0.25, -0.2) is 0 Å². The van der Waals surface area contributed by atoms with Crippen molar-refractivity contribution in [3.63, 3.8) is 0 Å². The minimum absolute atomic E-state index is 0.201. The third kappa shape index (κ3) is 12.2. The van der Waals surface area contributed by atoms with Gasteiger partial charge in [-0.3, -0.25) is 0 Å². The maximum absolute atomic E-state index is 8.58. The van der Waals surface area contributed by atoms with E-state index in [9.17, 15) is 0 Å². The van der Waals surface area contributed by atoms with Gasteiger partial charge < -0.3 is 9.47 Å². The second-order valence-corrected chi connectivity index (χ2v) is 5.67. The zero-order valence-electron chi connectivity index (χ0n) is 13.2. The van der Waals surface area contributed by atoms with E-state index in [1.807, 2.05) is 6.92 Å². The maximum Gasteiger partial charge on any atom is 0.158 e. The molecule has 19 heavy (non-hydrogen) atoms. The third-order valence-electron chi connectivity index (χ3n) is 3.24. The molecule has 2 atom stereocenters. The van der Waals surface area contributed by atoms with Crippen LogP contribution < -0.4 is 0 Å². The van der Waals surface area contributed by atoms with Crippen LogP contribution in [0, 0.1) is 23.2 Å². The monoisotopic (exact) mass is 269 g/mol. The average molecular weight is 269 g/mol. The summed E-state index contributed by atoms with van der Waals surface area (Å²) >= 11 is 0. The van der Waals surface area contributed by atoms with Crippen molar-refractivity contribution in [1.82, 2.24) is 0 Å². The summed E-state index contributed by atoms with van der Waals surface area (Å²) in [6.45, 7) is 10.2. The van der Waals surface area contributed by atoms with Crippen molar-refractivity contribution >= 4 is 0 Å². The van der Waals surface area contributed by atoms with Crippen LogP contribution in [0.1, 0.15) is 66.2 Å². The third-order valence-corrected chi connectivity index (χ3v) is 3.24. The summed E-state index contributed by atoms with van der Waals surface area (Å²) in [7, 11) is 0. The lowest BCUT2D eigenvalue weighted by Crippen LogP contribution is -2.18. The fourth-order valence-corrected chi connectivity index (χ4v) is 2.00. The van der Waals surface area contributed by atoms with E-state index in [2.05, 4.69) is 26.8 Å². The van der Waals surface area contributed by atoms with Gasteiger partial charge in [-0.15, -0.1) is 0 Å². The van der Waals surface area contributed by atoms with E-state index in [4.69, 9.17) is 14.7 Å². The van der Waals surface area contributed by atoms with Crippen molar-refractivity contribution in [1.29, 1.82) is 5.26 Å². The molecule has 0 rings (SSSR count). The van der Waals surface area contributed by atoms with Gasteiger partial charge in [0.1, 0.15) is 0 Å². The van der Waals surface area contributed by atoms with Gasteiger partial charge in [0.15, 0.2) is 6.29 Å². The number of hydrogen-bond donors (Lipinski definition) is 0. The van der Waals surface area contributed by atoms with Crippen molar-refractivity contribution in [2.24, 2.45) is 11.8 Å². The van der Waals surface area contributed by atoms with Crippen LogP contribution in [0.15, 0.2) is 0 Å². The van der Waals surface area contributed by atoms with Crippen LogP contribution in [0.4, 0.5) is 0 Å². The minimum atomic E-state index is -0.201. The van der Waals surface area contributed by atoms with Crippen molar-refractivity contribution in [2.75, 3.05) is 13.2 Å². The van der Waals surface area contributed by atoms with E-state index in [-0.39, 0.29) is 6.29 Å². The van der Waals surface area contributed by atoms with E-state index >= 15 is 0 Å². The molecule has 2 unspecified atom stereocenters. The van der Waals surface area contributed by atoms with E-state index < -0.39 is 0 Å². The maximum atomic E-state index is 8.58. The molecule has 0 saturated heterocycles. The molecule has 0 aliphatic heterocycles. The number of nitriles is 1. The van der Waals surface area contributed by atoms with Gasteiger partial charge in [0.05, 0.1) is 6.07 Å². The molecule has 0 saturated carbocycles. The highest BCUT2D eigenvalue weighted by molar-refractivity contribution is 4.69. The number of nitrogens with zero attached hydrogens (tertiary/aromatic N) is 1. The lowest BCUT2D eigenvalue weighted by Gasteiger charge is -2.18.